The highest BCUT2D eigenvalue weighted by Gasteiger charge is 2.21. The molecule has 0 fully saturated rings. The van der Waals surface area contributed by atoms with E-state index in [1.165, 1.54) is 0 Å². The molecule has 0 saturated heterocycles. The highest BCUT2D eigenvalue weighted by Crippen LogP contribution is 1.81. The minimum absolute atomic E-state index is 0.160. The Morgan fingerprint density at radius 2 is 2.40 bits per heavy atom. The fourth-order valence-corrected chi connectivity index (χ4v) is 0.304. The number of carbonyl (C=O) groups is 1. The first-order valence-electron chi connectivity index (χ1n) is 2.52. The van der Waals surface area contributed by atoms with E-state index in [1.807, 2.05) is 0 Å². The second-order valence-electron chi connectivity index (χ2n) is 1.26. The van der Waals surface area contributed by atoms with Crippen molar-refractivity contribution in [2.45, 2.75) is 6.92 Å². The normalized spacial score (nSPS) is 7.20. The number of hydrogen-bond acceptors (Lipinski definition) is 2. The monoisotopic (exact) mass is 139 g/mol. The lowest BCUT2D eigenvalue weighted by molar-refractivity contribution is -0.139. The topological polar surface area (TPSA) is 67.1 Å². The summed E-state index contributed by atoms with van der Waals surface area (Å²) in [7, 11) is 0. The summed E-state index contributed by atoms with van der Waals surface area (Å²) in [5.74, 6) is -1.55. The zero-order valence-electron chi connectivity index (χ0n) is 5.37. The first kappa shape index (κ1) is 8.34. The van der Waals surface area contributed by atoms with Crippen LogP contribution in [0.15, 0.2) is 0 Å². The molecular formula is C5H5N3O2. The van der Waals surface area contributed by atoms with Crippen molar-refractivity contribution in [3.05, 3.63) is 16.9 Å². The Morgan fingerprint density at radius 1 is 1.80 bits per heavy atom. The Balaban J connectivity index is 4.23. The molecule has 0 aliphatic carbocycles. The van der Waals surface area contributed by atoms with Gasteiger partial charge >= 0.3 is 11.8 Å². The molecule has 5 nitrogen and oxygen atoms in total. The standard InChI is InChI=1S/C5H5N3O2/c1-3-10-5(9)4(7-2)8-6/h3H2,1H3. The van der Waals surface area contributed by atoms with Crippen LogP contribution in [0.1, 0.15) is 6.92 Å². The van der Waals surface area contributed by atoms with Gasteiger partial charge in [-0.25, -0.2) is 0 Å². The highest BCUT2D eigenvalue weighted by atomic mass is 16.5. The Hall–Kier alpha value is -1.66. The van der Waals surface area contributed by atoms with Gasteiger partial charge in [-0.1, -0.05) is 0 Å². The Bertz CT molecular complexity index is 222. The maximum absolute atomic E-state index is 10.5. The van der Waals surface area contributed by atoms with Crippen molar-refractivity contribution in [3.63, 3.8) is 0 Å². The fraction of sp³-hybridized carbons (Fsp3) is 0.400. The molecular weight excluding hydrogens is 134 g/mol. The number of ether oxygens (including phenoxy) is 1. The van der Waals surface area contributed by atoms with Gasteiger partial charge in [0.1, 0.15) is 6.57 Å². The second kappa shape index (κ2) is 4.24. The minimum atomic E-state index is -0.903. The van der Waals surface area contributed by atoms with Crippen molar-refractivity contribution in [1.29, 1.82) is 0 Å². The van der Waals surface area contributed by atoms with Gasteiger partial charge < -0.3 is 10.3 Å². The quantitative estimate of drug-likeness (QED) is 0.129. The van der Waals surface area contributed by atoms with E-state index in [4.69, 9.17) is 12.1 Å². The molecule has 0 saturated carbocycles. The van der Waals surface area contributed by atoms with Gasteiger partial charge in [0, 0.05) is 0 Å². The van der Waals surface area contributed by atoms with E-state index in [1.54, 1.807) is 6.92 Å². The third kappa shape index (κ3) is 2.07. The predicted molar refractivity (Wildman–Crippen MR) is 31.9 cm³/mol. The number of esters is 1. The summed E-state index contributed by atoms with van der Waals surface area (Å²) in [6.45, 7) is 8.06. The van der Waals surface area contributed by atoms with E-state index in [0.29, 0.717) is 0 Å². The van der Waals surface area contributed by atoms with Gasteiger partial charge in [0.15, 0.2) is 0 Å². The number of amidine groups is 1. The van der Waals surface area contributed by atoms with Crippen molar-refractivity contribution in [3.8, 4) is 0 Å². The predicted octanol–water partition coefficient (Wildman–Crippen LogP) is 0.0971. The lowest BCUT2D eigenvalue weighted by atomic mass is 10.6. The maximum atomic E-state index is 10.5. The van der Waals surface area contributed by atoms with Gasteiger partial charge in [0.05, 0.1) is 6.61 Å². The average molecular weight is 139 g/mol. The summed E-state index contributed by atoms with van der Waals surface area (Å²) in [5.41, 5.74) is 8.00. The molecule has 0 rings (SSSR count). The zero-order chi connectivity index (χ0) is 7.98. The minimum Gasteiger partial charge on any atom is -0.465 e. The molecule has 0 amide bonds. The third-order valence-corrected chi connectivity index (χ3v) is 0.659. The molecule has 0 spiro atoms. The second-order valence-corrected chi connectivity index (χ2v) is 1.26. The Labute approximate surface area is 57.7 Å². The van der Waals surface area contributed by atoms with Gasteiger partial charge in [0.25, 0.3) is 0 Å². The summed E-state index contributed by atoms with van der Waals surface area (Å²) in [6.07, 6.45) is 0. The molecule has 5 heteroatoms. The lowest BCUT2D eigenvalue weighted by Crippen LogP contribution is -2.14. The van der Waals surface area contributed by atoms with E-state index in [0.717, 1.165) is 0 Å². The maximum Gasteiger partial charge on any atom is 0.605 e. The van der Waals surface area contributed by atoms with Gasteiger partial charge in [-0.2, -0.15) is 4.79 Å². The summed E-state index contributed by atoms with van der Waals surface area (Å²) >= 11 is 0. The van der Waals surface area contributed by atoms with Gasteiger partial charge in [-0.05, 0) is 6.92 Å². The zero-order valence-corrected chi connectivity index (χ0v) is 5.37. The number of carbonyl (C=O) groups excluding carboxylic acids is 1. The Morgan fingerprint density at radius 3 is 2.70 bits per heavy atom. The number of rotatable bonds is 1. The van der Waals surface area contributed by atoms with Gasteiger partial charge in [-0.3, -0.25) is 4.79 Å². The van der Waals surface area contributed by atoms with E-state index in [2.05, 4.69) is 14.4 Å². The molecule has 52 valence electrons. The summed E-state index contributed by atoms with van der Waals surface area (Å²) in [4.78, 5) is 15.5. The first-order chi connectivity index (χ1) is 4.76. The molecule has 0 atom stereocenters. The number of nitrogens with zero attached hydrogens (tertiary/aromatic N) is 3. The molecule has 0 aromatic heterocycles. The van der Waals surface area contributed by atoms with E-state index < -0.39 is 11.8 Å². The van der Waals surface area contributed by atoms with Crippen molar-refractivity contribution in [1.82, 2.24) is 0 Å². The SMILES string of the molecule is [C-]#[N+]C(=[N+]=[N-])C(=O)OCC. The molecule has 0 aromatic carbocycles. The van der Waals surface area contributed by atoms with Crippen LogP contribution in [0.2, 0.25) is 0 Å². The third-order valence-electron chi connectivity index (χ3n) is 0.659. The van der Waals surface area contributed by atoms with Gasteiger partial charge in [-0.15, -0.1) is 4.85 Å². The summed E-state index contributed by atoms with van der Waals surface area (Å²) in [5, 5.41) is 0. The fourth-order valence-electron chi connectivity index (χ4n) is 0.304. The van der Waals surface area contributed by atoms with Crippen molar-refractivity contribution < 1.29 is 14.3 Å². The highest BCUT2D eigenvalue weighted by molar-refractivity contribution is 6.37. The largest absolute Gasteiger partial charge is 0.605 e. The van der Waals surface area contributed by atoms with Crippen molar-refractivity contribution in [2.24, 2.45) is 0 Å². The van der Waals surface area contributed by atoms with Crippen LogP contribution in [0.5, 0.6) is 0 Å². The number of hydrogen-bond donors (Lipinski definition) is 0. The molecule has 0 heterocycles. The van der Waals surface area contributed by atoms with Crippen LogP contribution in [-0.4, -0.2) is 23.2 Å². The van der Waals surface area contributed by atoms with Crippen molar-refractivity contribution in [2.75, 3.05) is 6.61 Å². The van der Waals surface area contributed by atoms with Crippen LogP contribution in [0, 0.1) is 6.57 Å². The van der Waals surface area contributed by atoms with Crippen LogP contribution in [0.3, 0.4) is 0 Å². The smallest absolute Gasteiger partial charge is 0.465 e. The summed E-state index contributed by atoms with van der Waals surface area (Å²) < 4.78 is 4.34. The molecule has 0 aromatic rings. The molecule has 10 heavy (non-hydrogen) atoms. The van der Waals surface area contributed by atoms with Crippen LogP contribution >= 0.6 is 0 Å². The van der Waals surface area contributed by atoms with Crippen LogP contribution < -0.4 is 0 Å². The molecule has 0 bridgehead atoms. The van der Waals surface area contributed by atoms with Crippen LogP contribution in [0.4, 0.5) is 0 Å². The molecule has 0 N–H and O–H groups in total. The van der Waals surface area contributed by atoms with E-state index in [9.17, 15) is 4.79 Å². The van der Waals surface area contributed by atoms with Crippen LogP contribution in [-0.2, 0) is 9.53 Å². The van der Waals surface area contributed by atoms with Gasteiger partial charge in [0.2, 0.25) is 0 Å². The lowest BCUT2D eigenvalue weighted by Gasteiger charge is -1.89. The van der Waals surface area contributed by atoms with Crippen molar-refractivity contribution >= 4 is 11.8 Å². The first-order valence-corrected chi connectivity index (χ1v) is 2.52. The average Bonchev–Trinajstić information content (AvgIpc) is 1.91. The molecule has 0 radical (unpaired) electrons. The molecule has 0 aliphatic heterocycles. The van der Waals surface area contributed by atoms with E-state index >= 15 is 0 Å². The van der Waals surface area contributed by atoms with E-state index in [-0.39, 0.29) is 6.61 Å². The van der Waals surface area contributed by atoms with Crippen LogP contribution in [0.25, 0.3) is 10.4 Å². The molecule has 0 aliphatic rings. The molecule has 0 unspecified atom stereocenters. The Kier molecular flexibility index (Phi) is 3.54. The summed E-state index contributed by atoms with van der Waals surface area (Å²) in [6, 6.07) is 0.